The average molecular weight is 435 g/mol. The van der Waals surface area contributed by atoms with Crippen LogP contribution < -0.4 is 0 Å². The molecule has 31 heavy (non-hydrogen) atoms. The summed E-state index contributed by atoms with van der Waals surface area (Å²) in [4.78, 5) is 5.02. The van der Waals surface area contributed by atoms with Crippen LogP contribution in [0.15, 0.2) is 12.4 Å². The highest BCUT2D eigenvalue weighted by Crippen LogP contribution is 2.21. The lowest BCUT2D eigenvalue weighted by Crippen LogP contribution is -2.37. The van der Waals surface area contributed by atoms with Gasteiger partial charge in [0.1, 0.15) is 6.17 Å². The Labute approximate surface area is 197 Å². The Hall–Kier alpha value is -0.660. The summed E-state index contributed by atoms with van der Waals surface area (Å²) < 4.78 is 0. The lowest BCUT2D eigenvalue weighted by Gasteiger charge is -2.30. The molecule has 0 radical (unpaired) electrons. The zero-order valence-corrected chi connectivity index (χ0v) is 21.9. The van der Waals surface area contributed by atoms with E-state index in [-0.39, 0.29) is 0 Å². The van der Waals surface area contributed by atoms with E-state index in [1.165, 1.54) is 148 Å². The molecule has 184 valence electrons. The standard InChI is InChI=1S/C29H58N2/c1-4-6-8-10-11-12-13-14-15-16-17-18-19-20-21-23-25-29-30(3)27-28-31(29)26-24-22-9-7-5-2/h27-29H,4-26H2,1-3H3. The van der Waals surface area contributed by atoms with Crippen LogP contribution in [-0.2, 0) is 0 Å². The molecule has 1 atom stereocenters. The summed E-state index contributed by atoms with van der Waals surface area (Å²) in [5.74, 6) is 0. The minimum absolute atomic E-state index is 0.623. The fraction of sp³-hybridized carbons (Fsp3) is 0.931. The van der Waals surface area contributed by atoms with Crippen molar-refractivity contribution in [3.63, 3.8) is 0 Å². The molecule has 1 unspecified atom stereocenters. The Balaban J connectivity index is 1.86. The zero-order chi connectivity index (χ0) is 22.4. The highest BCUT2D eigenvalue weighted by molar-refractivity contribution is 4.95. The van der Waals surface area contributed by atoms with E-state index in [0.717, 1.165) is 0 Å². The topological polar surface area (TPSA) is 6.48 Å². The normalized spacial score (nSPS) is 16.0. The van der Waals surface area contributed by atoms with Gasteiger partial charge in [0.15, 0.2) is 0 Å². The van der Waals surface area contributed by atoms with Gasteiger partial charge in [-0.1, -0.05) is 136 Å². The molecule has 2 heteroatoms. The molecule has 0 aromatic rings. The maximum atomic E-state index is 2.59. The minimum Gasteiger partial charge on any atom is -0.359 e. The summed E-state index contributed by atoms with van der Waals surface area (Å²) >= 11 is 0. The second-order valence-electron chi connectivity index (χ2n) is 10.2. The molecule has 0 saturated carbocycles. The first kappa shape index (κ1) is 28.4. The summed E-state index contributed by atoms with van der Waals surface area (Å²) in [6.45, 7) is 5.84. The average Bonchev–Trinajstić information content (AvgIpc) is 3.12. The molecule has 0 bridgehead atoms. The Morgan fingerprint density at radius 2 is 0.871 bits per heavy atom. The van der Waals surface area contributed by atoms with Gasteiger partial charge in [0.05, 0.1) is 0 Å². The molecule has 1 aliphatic heterocycles. The largest absolute Gasteiger partial charge is 0.359 e. The van der Waals surface area contributed by atoms with Gasteiger partial charge in [0.2, 0.25) is 0 Å². The zero-order valence-electron chi connectivity index (χ0n) is 21.9. The van der Waals surface area contributed by atoms with Crippen molar-refractivity contribution in [3.05, 3.63) is 12.4 Å². The van der Waals surface area contributed by atoms with Crippen LogP contribution in [0.25, 0.3) is 0 Å². The van der Waals surface area contributed by atoms with E-state index in [0.29, 0.717) is 6.17 Å². The Morgan fingerprint density at radius 3 is 1.32 bits per heavy atom. The van der Waals surface area contributed by atoms with Gasteiger partial charge in [-0.05, 0) is 19.3 Å². The summed E-state index contributed by atoms with van der Waals surface area (Å²) in [7, 11) is 2.25. The molecule has 0 fully saturated rings. The van der Waals surface area contributed by atoms with Crippen molar-refractivity contribution in [1.29, 1.82) is 0 Å². The highest BCUT2D eigenvalue weighted by atomic mass is 15.4. The first-order chi connectivity index (χ1) is 15.3. The van der Waals surface area contributed by atoms with Crippen molar-refractivity contribution in [2.75, 3.05) is 13.6 Å². The van der Waals surface area contributed by atoms with Crippen LogP contribution in [-0.4, -0.2) is 29.6 Å². The fourth-order valence-electron chi connectivity index (χ4n) is 4.99. The van der Waals surface area contributed by atoms with Crippen LogP contribution in [0.5, 0.6) is 0 Å². The van der Waals surface area contributed by atoms with Crippen LogP contribution in [0.3, 0.4) is 0 Å². The summed E-state index contributed by atoms with van der Waals surface area (Å²) in [5.41, 5.74) is 0. The van der Waals surface area contributed by atoms with Gasteiger partial charge < -0.3 is 9.80 Å². The lowest BCUT2D eigenvalue weighted by atomic mass is 10.0. The summed E-state index contributed by atoms with van der Waals surface area (Å²) in [6.07, 6.45) is 36.7. The molecular weight excluding hydrogens is 376 g/mol. The second-order valence-corrected chi connectivity index (χ2v) is 10.2. The van der Waals surface area contributed by atoms with Crippen LogP contribution in [0, 0.1) is 0 Å². The van der Waals surface area contributed by atoms with Crippen molar-refractivity contribution in [2.24, 2.45) is 0 Å². The molecule has 0 saturated heterocycles. The molecule has 0 amide bonds. The monoisotopic (exact) mass is 434 g/mol. The van der Waals surface area contributed by atoms with Gasteiger partial charge in [0, 0.05) is 26.0 Å². The molecule has 0 N–H and O–H groups in total. The number of nitrogens with zero attached hydrogens (tertiary/aromatic N) is 2. The number of hydrogen-bond donors (Lipinski definition) is 0. The predicted octanol–water partition coefficient (Wildman–Crippen LogP) is 9.65. The molecule has 0 aromatic heterocycles. The third-order valence-corrected chi connectivity index (χ3v) is 7.18. The maximum absolute atomic E-state index is 2.59. The van der Waals surface area contributed by atoms with Crippen molar-refractivity contribution < 1.29 is 0 Å². The second kappa shape index (κ2) is 21.2. The van der Waals surface area contributed by atoms with E-state index in [4.69, 9.17) is 0 Å². The Kier molecular flexibility index (Phi) is 19.4. The van der Waals surface area contributed by atoms with E-state index >= 15 is 0 Å². The van der Waals surface area contributed by atoms with Crippen molar-refractivity contribution >= 4 is 0 Å². The minimum atomic E-state index is 0.623. The van der Waals surface area contributed by atoms with E-state index in [2.05, 4.69) is 43.1 Å². The van der Waals surface area contributed by atoms with E-state index < -0.39 is 0 Å². The van der Waals surface area contributed by atoms with Gasteiger partial charge in [0.25, 0.3) is 0 Å². The molecule has 1 aliphatic rings. The van der Waals surface area contributed by atoms with Gasteiger partial charge in [-0.2, -0.15) is 0 Å². The first-order valence-electron chi connectivity index (χ1n) is 14.5. The highest BCUT2D eigenvalue weighted by Gasteiger charge is 2.22. The third-order valence-electron chi connectivity index (χ3n) is 7.18. The molecular formula is C29H58N2. The Morgan fingerprint density at radius 1 is 0.484 bits per heavy atom. The van der Waals surface area contributed by atoms with Crippen molar-refractivity contribution in [2.45, 2.75) is 161 Å². The Bertz CT molecular complexity index is 392. The SMILES string of the molecule is CCCCCCCCCCCCCCCCCCC1N(C)C=CN1CCCCCCC. The molecule has 0 spiro atoms. The number of unbranched alkanes of at least 4 members (excludes halogenated alkanes) is 19. The van der Waals surface area contributed by atoms with Crippen LogP contribution >= 0.6 is 0 Å². The smallest absolute Gasteiger partial charge is 0.100 e. The quantitative estimate of drug-likeness (QED) is 0.148. The van der Waals surface area contributed by atoms with E-state index in [9.17, 15) is 0 Å². The number of rotatable bonds is 23. The first-order valence-corrected chi connectivity index (χ1v) is 14.5. The van der Waals surface area contributed by atoms with Gasteiger partial charge in [-0.3, -0.25) is 0 Å². The molecule has 0 aliphatic carbocycles. The van der Waals surface area contributed by atoms with Crippen LogP contribution in [0.4, 0.5) is 0 Å². The molecule has 2 nitrogen and oxygen atoms in total. The lowest BCUT2D eigenvalue weighted by molar-refractivity contribution is 0.159. The summed E-state index contributed by atoms with van der Waals surface area (Å²) in [6, 6.07) is 0. The number of hydrogen-bond acceptors (Lipinski definition) is 2. The fourth-order valence-corrected chi connectivity index (χ4v) is 4.99. The predicted molar refractivity (Wildman–Crippen MR) is 140 cm³/mol. The summed E-state index contributed by atoms with van der Waals surface area (Å²) in [5, 5.41) is 0. The van der Waals surface area contributed by atoms with E-state index in [1.807, 2.05) is 0 Å². The van der Waals surface area contributed by atoms with Gasteiger partial charge in [-0.25, -0.2) is 0 Å². The van der Waals surface area contributed by atoms with E-state index in [1.54, 1.807) is 0 Å². The van der Waals surface area contributed by atoms with Crippen molar-refractivity contribution in [1.82, 2.24) is 9.80 Å². The maximum Gasteiger partial charge on any atom is 0.100 e. The van der Waals surface area contributed by atoms with Gasteiger partial charge in [-0.15, -0.1) is 0 Å². The third kappa shape index (κ3) is 15.7. The van der Waals surface area contributed by atoms with Crippen molar-refractivity contribution in [3.8, 4) is 0 Å². The molecule has 1 rings (SSSR count). The molecule has 1 heterocycles. The van der Waals surface area contributed by atoms with Crippen LogP contribution in [0.2, 0.25) is 0 Å². The molecule has 0 aromatic carbocycles. The van der Waals surface area contributed by atoms with Gasteiger partial charge >= 0.3 is 0 Å². The van der Waals surface area contributed by atoms with Crippen LogP contribution in [0.1, 0.15) is 155 Å².